The Kier molecular flexibility index (Phi) is 2.99. The van der Waals surface area contributed by atoms with Gasteiger partial charge in [0.1, 0.15) is 12.4 Å². The average molecular weight is 265 g/mol. The number of hydrogen-bond acceptors (Lipinski definition) is 2. The van der Waals surface area contributed by atoms with Crippen molar-refractivity contribution in [2.45, 2.75) is 13.5 Å². The molecule has 2 N–H and O–H groups in total. The lowest BCUT2D eigenvalue weighted by molar-refractivity contribution is -0.118. The maximum atomic E-state index is 11.3. The SMILES string of the molecule is Cc1ccc(-c2nc3ccccc3n2CC(N)=O)cc1. The minimum Gasteiger partial charge on any atom is -0.368 e. The van der Waals surface area contributed by atoms with Gasteiger partial charge in [0.15, 0.2) is 0 Å². The Morgan fingerprint density at radius 1 is 1.15 bits per heavy atom. The van der Waals surface area contributed by atoms with Crippen LogP contribution in [0.15, 0.2) is 48.5 Å². The third-order valence-corrected chi connectivity index (χ3v) is 3.28. The van der Waals surface area contributed by atoms with Gasteiger partial charge in [0.2, 0.25) is 5.91 Å². The molecule has 0 spiro atoms. The molecule has 0 aliphatic carbocycles. The number of nitrogens with zero attached hydrogens (tertiary/aromatic N) is 2. The van der Waals surface area contributed by atoms with Crippen molar-refractivity contribution >= 4 is 16.9 Å². The number of rotatable bonds is 3. The summed E-state index contributed by atoms with van der Waals surface area (Å²) < 4.78 is 1.86. The van der Waals surface area contributed by atoms with Crippen LogP contribution < -0.4 is 5.73 Å². The van der Waals surface area contributed by atoms with E-state index in [0.29, 0.717) is 0 Å². The van der Waals surface area contributed by atoms with E-state index in [9.17, 15) is 4.79 Å². The van der Waals surface area contributed by atoms with E-state index in [2.05, 4.69) is 4.98 Å². The number of carbonyl (C=O) groups excluding carboxylic acids is 1. The first kappa shape index (κ1) is 12.4. The molecule has 3 aromatic rings. The van der Waals surface area contributed by atoms with Crippen molar-refractivity contribution in [2.75, 3.05) is 0 Å². The summed E-state index contributed by atoms with van der Waals surface area (Å²) in [6, 6.07) is 15.8. The first-order valence-corrected chi connectivity index (χ1v) is 6.46. The molecule has 0 aliphatic heterocycles. The topological polar surface area (TPSA) is 60.9 Å². The molecular formula is C16H15N3O. The minimum atomic E-state index is -0.374. The Morgan fingerprint density at radius 2 is 1.85 bits per heavy atom. The van der Waals surface area contributed by atoms with Crippen molar-refractivity contribution in [2.24, 2.45) is 5.73 Å². The van der Waals surface area contributed by atoms with Gasteiger partial charge in [-0.2, -0.15) is 0 Å². The fourth-order valence-corrected chi connectivity index (χ4v) is 2.31. The van der Waals surface area contributed by atoms with E-state index in [0.717, 1.165) is 22.4 Å². The van der Waals surface area contributed by atoms with Crippen LogP contribution in [0, 0.1) is 6.92 Å². The van der Waals surface area contributed by atoms with E-state index in [4.69, 9.17) is 5.73 Å². The molecule has 100 valence electrons. The predicted molar refractivity (Wildman–Crippen MR) is 79.1 cm³/mol. The van der Waals surface area contributed by atoms with Gasteiger partial charge in [-0.15, -0.1) is 0 Å². The molecule has 0 bridgehead atoms. The zero-order valence-corrected chi connectivity index (χ0v) is 11.2. The van der Waals surface area contributed by atoms with Gasteiger partial charge in [0.05, 0.1) is 11.0 Å². The van der Waals surface area contributed by atoms with E-state index in [1.807, 2.05) is 60.0 Å². The first-order valence-electron chi connectivity index (χ1n) is 6.46. The number of imidazole rings is 1. The van der Waals surface area contributed by atoms with Gasteiger partial charge in [-0.25, -0.2) is 4.98 Å². The maximum Gasteiger partial charge on any atom is 0.237 e. The molecule has 0 saturated carbocycles. The molecule has 20 heavy (non-hydrogen) atoms. The van der Waals surface area contributed by atoms with E-state index < -0.39 is 0 Å². The van der Waals surface area contributed by atoms with Crippen LogP contribution in [0.5, 0.6) is 0 Å². The highest BCUT2D eigenvalue weighted by atomic mass is 16.1. The van der Waals surface area contributed by atoms with Crippen molar-refractivity contribution < 1.29 is 4.79 Å². The fourth-order valence-electron chi connectivity index (χ4n) is 2.31. The van der Waals surface area contributed by atoms with Gasteiger partial charge in [-0.05, 0) is 19.1 Å². The summed E-state index contributed by atoms with van der Waals surface area (Å²) in [5, 5.41) is 0. The summed E-state index contributed by atoms with van der Waals surface area (Å²) in [5.41, 5.74) is 9.31. The van der Waals surface area contributed by atoms with Crippen molar-refractivity contribution in [1.29, 1.82) is 0 Å². The van der Waals surface area contributed by atoms with Crippen molar-refractivity contribution in [3.8, 4) is 11.4 Å². The smallest absolute Gasteiger partial charge is 0.237 e. The monoisotopic (exact) mass is 265 g/mol. The van der Waals surface area contributed by atoms with Gasteiger partial charge >= 0.3 is 0 Å². The number of benzene rings is 2. The quantitative estimate of drug-likeness (QED) is 0.791. The van der Waals surface area contributed by atoms with Crippen molar-refractivity contribution in [3.05, 3.63) is 54.1 Å². The van der Waals surface area contributed by atoms with Crippen LogP contribution >= 0.6 is 0 Å². The number of fused-ring (bicyclic) bond motifs is 1. The van der Waals surface area contributed by atoms with Crippen molar-refractivity contribution in [1.82, 2.24) is 9.55 Å². The summed E-state index contributed by atoms with van der Waals surface area (Å²) in [6.07, 6.45) is 0. The number of nitrogens with two attached hydrogens (primary N) is 1. The molecule has 4 heteroatoms. The standard InChI is InChI=1S/C16H15N3O/c1-11-6-8-12(9-7-11)16-18-13-4-2-3-5-14(13)19(16)10-15(17)20/h2-9H,10H2,1H3,(H2,17,20). The zero-order chi connectivity index (χ0) is 14.1. The van der Waals surface area contributed by atoms with Crippen LogP contribution in [0.4, 0.5) is 0 Å². The molecule has 0 radical (unpaired) electrons. The molecule has 1 aromatic heterocycles. The number of hydrogen-bond donors (Lipinski definition) is 1. The first-order chi connectivity index (χ1) is 9.65. The number of primary amides is 1. The second-order valence-corrected chi connectivity index (χ2v) is 4.84. The van der Waals surface area contributed by atoms with Gasteiger partial charge in [0.25, 0.3) is 0 Å². The largest absolute Gasteiger partial charge is 0.368 e. The summed E-state index contributed by atoms with van der Waals surface area (Å²) >= 11 is 0. The lowest BCUT2D eigenvalue weighted by Crippen LogP contribution is -2.19. The second kappa shape index (κ2) is 4.81. The number of amides is 1. The zero-order valence-electron chi connectivity index (χ0n) is 11.2. The molecule has 0 atom stereocenters. The minimum absolute atomic E-state index is 0.129. The van der Waals surface area contributed by atoms with E-state index in [1.165, 1.54) is 5.56 Å². The van der Waals surface area contributed by atoms with Crippen LogP contribution in [0.25, 0.3) is 22.4 Å². The highest BCUT2D eigenvalue weighted by Gasteiger charge is 2.13. The number of para-hydroxylation sites is 2. The molecule has 2 aromatic carbocycles. The molecule has 3 rings (SSSR count). The average Bonchev–Trinajstić information content (AvgIpc) is 2.78. The Hall–Kier alpha value is -2.62. The summed E-state index contributed by atoms with van der Waals surface area (Å²) in [7, 11) is 0. The lowest BCUT2D eigenvalue weighted by Gasteiger charge is -2.07. The highest BCUT2D eigenvalue weighted by Crippen LogP contribution is 2.24. The van der Waals surface area contributed by atoms with Crippen LogP contribution in [-0.4, -0.2) is 15.5 Å². The molecule has 0 unspecified atom stereocenters. The Balaban J connectivity index is 2.23. The van der Waals surface area contributed by atoms with Gasteiger partial charge in [-0.1, -0.05) is 42.0 Å². The summed E-state index contributed by atoms with van der Waals surface area (Å²) in [5.74, 6) is 0.395. The lowest BCUT2D eigenvalue weighted by atomic mass is 10.1. The molecule has 0 fully saturated rings. The fraction of sp³-hybridized carbons (Fsp3) is 0.125. The molecule has 1 amide bonds. The normalized spacial score (nSPS) is 10.8. The Morgan fingerprint density at radius 3 is 2.55 bits per heavy atom. The predicted octanol–water partition coefficient (Wildman–Crippen LogP) is 2.50. The molecule has 4 nitrogen and oxygen atoms in total. The van der Waals surface area contributed by atoms with E-state index in [-0.39, 0.29) is 12.5 Å². The van der Waals surface area contributed by atoms with Crippen LogP contribution in [0.3, 0.4) is 0 Å². The van der Waals surface area contributed by atoms with Crippen LogP contribution in [0.1, 0.15) is 5.56 Å². The summed E-state index contributed by atoms with van der Waals surface area (Å²) in [6.45, 7) is 2.17. The number of aryl methyl sites for hydroxylation is 1. The van der Waals surface area contributed by atoms with Gasteiger partial charge < -0.3 is 10.3 Å². The third-order valence-electron chi connectivity index (χ3n) is 3.28. The highest BCUT2D eigenvalue weighted by molar-refractivity contribution is 5.84. The molecular weight excluding hydrogens is 250 g/mol. The van der Waals surface area contributed by atoms with Crippen molar-refractivity contribution in [3.63, 3.8) is 0 Å². The van der Waals surface area contributed by atoms with Crippen LogP contribution in [-0.2, 0) is 11.3 Å². The van der Waals surface area contributed by atoms with E-state index in [1.54, 1.807) is 0 Å². The number of carbonyl (C=O) groups is 1. The Bertz CT molecular complexity index is 772. The number of aromatic nitrogens is 2. The van der Waals surface area contributed by atoms with Gasteiger partial charge in [0, 0.05) is 5.56 Å². The van der Waals surface area contributed by atoms with Crippen LogP contribution in [0.2, 0.25) is 0 Å². The molecule has 0 saturated heterocycles. The summed E-state index contributed by atoms with van der Waals surface area (Å²) in [4.78, 5) is 15.9. The Labute approximate surface area is 116 Å². The van der Waals surface area contributed by atoms with Gasteiger partial charge in [-0.3, -0.25) is 4.79 Å². The molecule has 0 aliphatic rings. The second-order valence-electron chi connectivity index (χ2n) is 4.84. The van der Waals surface area contributed by atoms with E-state index >= 15 is 0 Å². The third kappa shape index (κ3) is 2.16. The maximum absolute atomic E-state index is 11.3. The molecule has 1 heterocycles.